The summed E-state index contributed by atoms with van der Waals surface area (Å²) >= 11 is 0. The minimum absolute atomic E-state index is 0.260. The number of rotatable bonds is 5. The molecule has 0 unspecified atom stereocenters. The lowest BCUT2D eigenvalue weighted by Gasteiger charge is -2.33. The van der Waals surface area contributed by atoms with E-state index in [1.807, 2.05) is 23.4 Å². The molecule has 2 rings (SSSR count). The van der Waals surface area contributed by atoms with Crippen LogP contribution in [0, 0.1) is 25.2 Å². The first-order valence-corrected chi connectivity index (χ1v) is 8.24. The Kier molecular flexibility index (Phi) is 5.59. The number of amides is 1. The lowest BCUT2D eigenvalue weighted by Crippen LogP contribution is -2.42. The van der Waals surface area contributed by atoms with Gasteiger partial charge in [0.05, 0.1) is 24.7 Å². The van der Waals surface area contributed by atoms with Crippen LogP contribution in [0.2, 0.25) is 0 Å². The maximum Gasteiger partial charge on any atom is 0.223 e. The van der Waals surface area contributed by atoms with Crippen molar-refractivity contribution in [2.24, 2.45) is 0 Å². The van der Waals surface area contributed by atoms with E-state index in [0.717, 1.165) is 42.8 Å². The van der Waals surface area contributed by atoms with Gasteiger partial charge in [-0.1, -0.05) is 0 Å². The highest BCUT2D eigenvalue weighted by atomic mass is 16.2. The maximum absolute atomic E-state index is 12.4. The minimum atomic E-state index is 0.260. The van der Waals surface area contributed by atoms with E-state index in [1.165, 1.54) is 6.42 Å². The quantitative estimate of drug-likeness (QED) is 0.840. The summed E-state index contributed by atoms with van der Waals surface area (Å²) in [4.78, 5) is 14.5. The van der Waals surface area contributed by atoms with Gasteiger partial charge in [-0.3, -0.25) is 9.48 Å². The molecular formula is C17H26N4O. The number of nitrogens with zero attached hydrogens (tertiary/aromatic N) is 4. The van der Waals surface area contributed by atoms with Gasteiger partial charge in [-0.25, -0.2) is 0 Å². The molecule has 1 saturated heterocycles. The lowest BCUT2D eigenvalue weighted by molar-refractivity contribution is -0.134. The van der Waals surface area contributed by atoms with Crippen molar-refractivity contribution in [3.8, 4) is 6.07 Å². The van der Waals surface area contributed by atoms with Crippen LogP contribution in [0.1, 0.15) is 56.0 Å². The molecule has 5 nitrogen and oxygen atoms in total. The van der Waals surface area contributed by atoms with E-state index in [4.69, 9.17) is 5.26 Å². The third-order valence-electron chi connectivity index (χ3n) is 4.68. The summed E-state index contributed by atoms with van der Waals surface area (Å²) in [6.07, 6.45) is 5.23. The van der Waals surface area contributed by atoms with Gasteiger partial charge in [-0.2, -0.15) is 10.4 Å². The Balaban J connectivity index is 1.97. The number of carbonyl (C=O) groups is 1. The van der Waals surface area contributed by atoms with Gasteiger partial charge < -0.3 is 4.90 Å². The van der Waals surface area contributed by atoms with Gasteiger partial charge in [0, 0.05) is 24.7 Å². The Labute approximate surface area is 132 Å². The average Bonchev–Trinajstić information content (AvgIpc) is 2.77. The highest BCUT2D eigenvalue weighted by Gasteiger charge is 2.23. The fourth-order valence-corrected chi connectivity index (χ4v) is 3.31. The Morgan fingerprint density at radius 1 is 1.41 bits per heavy atom. The van der Waals surface area contributed by atoms with Gasteiger partial charge in [0.2, 0.25) is 5.91 Å². The van der Waals surface area contributed by atoms with E-state index < -0.39 is 0 Å². The minimum Gasteiger partial charge on any atom is -0.340 e. The highest BCUT2D eigenvalue weighted by Crippen LogP contribution is 2.20. The second-order valence-corrected chi connectivity index (χ2v) is 6.21. The zero-order valence-electron chi connectivity index (χ0n) is 13.9. The Morgan fingerprint density at radius 2 is 2.18 bits per heavy atom. The molecule has 1 aromatic rings. The molecule has 0 bridgehead atoms. The molecule has 0 N–H and O–H groups in total. The molecular weight excluding hydrogens is 276 g/mol. The summed E-state index contributed by atoms with van der Waals surface area (Å²) in [7, 11) is 0. The standard InChI is InChI=1S/C17H26N4O/c1-13-7-4-5-11-20(13)17(22)9-8-16-14(2)19-21(15(16)3)12-6-10-18/h13H,4-9,11-12H2,1-3H3/t13-/m0/s1. The fourth-order valence-electron chi connectivity index (χ4n) is 3.31. The molecule has 1 aliphatic heterocycles. The average molecular weight is 302 g/mol. The van der Waals surface area contributed by atoms with Crippen molar-refractivity contribution >= 4 is 5.91 Å². The summed E-state index contributed by atoms with van der Waals surface area (Å²) in [5, 5.41) is 13.2. The summed E-state index contributed by atoms with van der Waals surface area (Å²) in [5.41, 5.74) is 3.23. The Morgan fingerprint density at radius 3 is 2.86 bits per heavy atom. The predicted molar refractivity (Wildman–Crippen MR) is 85.3 cm³/mol. The van der Waals surface area contributed by atoms with Crippen LogP contribution in [0.4, 0.5) is 0 Å². The normalized spacial score (nSPS) is 18.3. The molecule has 1 aromatic heterocycles. The summed E-state index contributed by atoms with van der Waals surface area (Å²) in [5.74, 6) is 0.260. The van der Waals surface area contributed by atoms with E-state index >= 15 is 0 Å². The number of carbonyl (C=O) groups excluding carboxylic acids is 1. The van der Waals surface area contributed by atoms with E-state index in [0.29, 0.717) is 25.4 Å². The van der Waals surface area contributed by atoms with Gasteiger partial charge in [0.25, 0.3) is 0 Å². The number of piperidine rings is 1. The van der Waals surface area contributed by atoms with Crippen LogP contribution < -0.4 is 0 Å². The number of nitriles is 1. The van der Waals surface area contributed by atoms with E-state index in [1.54, 1.807) is 0 Å². The van der Waals surface area contributed by atoms with Crippen molar-refractivity contribution in [1.82, 2.24) is 14.7 Å². The van der Waals surface area contributed by atoms with E-state index in [-0.39, 0.29) is 5.91 Å². The second-order valence-electron chi connectivity index (χ2n) is 6.21. The Bertz CT molecular complexity index is 570. The zero-order chi connectivity index (χ0) is 16.1. The summed E-state index contributed by atoms with van der Waals surface area (Å²) < 4.78 is 1.89. The number of hydrogen-bond donors (Lipinski definition) is 0. The molecule has 0 radical (unpaired) electrons. The van der Waals surface area contributed by atoms with E-state index in [9.17, 15) is 4.79 Å². The van der Waals surface area contributed by atoms with Gasteiger partial charge in [-0.05, 0) is 52.0 Å². The molecule has 5 heteroatoms. The van der Waals surface area contributed by atoms with Crippen molar-refractivity contribution in [2.45, 2.75) is 71.9 Å². The summed E-state index contributed by atoms with van der Waals surface area (Å²) in [6, 6.07) is 2.53. The Hall–Kier alpha value is -1.83. The summed E-state index contributed by atoms with van der Waals surface area (Å²) in [6.45, 7) is 7.69. The molecule has 1 fully saturated rings. The topological polar surface area (TPSA) is 61.9 Å². The van der Waals surface area contributed by atoms with Gasteiger partial charge in [0.1, 0.15) is 0 Å². The maximum atomic E-state index is 12.4. The highest BCUT2D eigenvalue weighted by molar-refractivity contribution is 5.77. The fraction of sp³-hybridized carbons (Fsp3) is 0.706. The number of likely N-dealkylation sites (tertiary alicyclic amines) is 1. The van der Waals surface area contributed by atoms with Crippen LogP contribution in [0.15, 0.2) is 0 Å². The number of aryl methyl sites for hydroxylation is 2. The van der Waals surface area contributed by atoms with E-state index in [2.05, 4.69) is 18.1 Å². The molecule has 1 atom stereocenters. The van der Waals surface area contributed by atoms with Crippen LogP contribution >= 0.6 is 0 Å². The molecule has 0 aromatic carbocycles. The van der Waals surface area contributed by atoms with Crippen molar-refractivity contribution in [2.75, 3.05) is 6.54 Å². The number of aromatic nitrogens is 2. The van der Waals surface area contributed by atoms with Gasteiger partial charge in [0.15, 0.2) is 0 Å². The van der Waals surface area contributed by atoms with Crippen molar-refractivity contribution in [3.63, 3.8) is 0 Å². The molecule has 0 spiro atoms. The van der Waals surface area contributed by atoms with Gasteiger partial charge in [-0.15, -0.1) is 0 Å². The lowest BCUT2D eigenvalue weighted by atomic mass is 10.0. The zero-order valence-corrected chi connectivity index (χ0v) is 13.9. The molecule has 0 aliphatic carbocycles. The van der Waals surface area contributed by atoms with Crippen LogP contribution in [-0.4, -0.2) is 33.2 Å². The molecule has 1 amide bonds. The third kappa shape index (κ3) is 3.68. The van der Waals surface area contributed by atoms with Crippen LogP contribution in [0.5, 0.6) is 0 Å². The first-order valence-electron chi connectivity index (χ1n) is 8.24. The van der Waals surface area contributed by atoms with Gasteiger partial charge >= 0.3 is 0 Å². The first-order chi connectivity index (χ1) is 10.5. The second kappa shape index (κ2) is 7.44. The largest absolute Gasteiger partial charge is 0.340 e. The van der Waals surface area contributed by atoms with Crippen molar-refractivity contribution < 1.29 is 4.79 Å². The molecule has 1 aliphatic rings. The third-order valence-corrected chi connectivity index (χ3v) is 4.68. The molecule has 120 valence electrons. The smallest absolute Gasteiger partial charge is 0.223 e. The molecule has 2 heterocycles. The van der Waals surface area contributed by atoms with Crippen LogP contribution in [0.25, 0.3) is 0 Å². The van der Waals surface area contributed by atoms with Crippen LogP contribution in [-0.2, 0) is 17.8 Å². The first kappa shape index (κ1) is 16.5. The van der Waals surface area contributed by atoms with Crippen molar-refractivity contribution in [3.05, 3.63) is 17.0 Å². The number of hydrogen-bond acceptors (Lipinski definition) is 3. The molecule has 0 saturated carbocycles. The molecule has 22 heavy (non-hydrogen) atoms. The monoisotopic (exact) mass is 302 g/mol. The SMILES string of the molecule is Cc1nn(CCC#N)c(C)c1CCC(=O)N1CCCC[C@@H]1C. The van der Waals surface area contributed by atoms with Crippen LogP contribution in [0.3, 0.4) is 0 Å². The predicted octanol–water partition coefficient (Wildman–Crippen LogP) is 2.75. The van der Waals surface area contributed by atoms with Crippen molar-refractivity contribution in [1.29, 1.82) is 5.26 Å².